The lowest BCUT2D eigenvalue weighted by Gasteiger charge is -2.22. The van der Waals surface area contributed by atoms with E-state index in [0.29, 0.717) is 36.4 Å². The van der Waals surface area contributed by atoms with Gasteiger partial charge in [-0.2, -0.15) is 0 Å². The highest BCUT2D eigenvalue weighted by Crippen LogP contribution is 2.21. The number of carbonyl (C=O) groups is 3. The number of hydrogen-bond acceptors (Lipinski definition) is 4. The van der Waals surface area contributed by atoms with Crippen LogP contribution in [0.3, 0.4) is 0 Å². The molecule has 0 N–H and O–H groups in total. The van der Waals surface area contributed by atoms with Crippen LogP contribution in [-0.2, 0) is 27.2 Å². The van der Waals surface area contributed by atoms with Crippen molar-refractivity contribution in [3.8, 4) is 0 Å². The summed E-state index contributed by atoms with van der Waals surface area (Å²) < 4.78 is 4.70. The molecule has 0 unspecified atom stereocenters. The van der Waals surface area contributed by atoms with Gasteiger partial charge in [0.1, 0.15) is 0 Å². The molecule has 0 bridgehead atoms. The predicted molar refractivity (Wildman–Crippen MR) is 116 cm³/mol. The Bertz CT molecular complexity index is 952. The number of carbonyl (C=O) groups excluding carboxylic acids is 3. The summed E-state index contributed by atoms with van der Waals surface area (Å²) in [5.41, 5.74) is 2.39. The summed E-state index contributed by atoms with van der Waals surface area (Å²) in [6.45, 7) is 0.563. The SMILES string of the molecule is COC(=O)c1ccc(CCN2C(=O)CC[C@@H]2C=CC(=O)Cc2cccc(Cl)c2)cc1. The summed E-state index contributed by atoms with van der Waals surface area (Å²) in [5, 5.41) is 0.608. The Labute approximate surface area is 181 Å². The second-order valence-electron chi connectivity index (χ2n) is 7.26. The summed E-state index contributed by atoms with van der Waals surface area (Å²) in [6, 6.07) is 14.4. The van der Waals surface area contributed by atoms with E-state index in [2.05, 4.69) is 0 Å². The quantitative estimate of drug-likeness (QED) is 0.473. The molecule has 0 aliphatic carbocycles. The second kappa shape index (κ2) is 10.2. The number of rotatable bonds is 8. The normalized spacial score (nSPS) is 16.3. The van der Waals surface area contributed by atoms with Crippen molar-refractivity contribution in [2.45, 2.75) is 31.7 Å². The molecule has 1 fully saturated rings. The molecule has 1 atom stereocenters. The third kappa shape index (κ3) is 5.80. The third-order valence-corrected chi connectivity index (χ3v) is 5.40. The Balaban J connectivity index is 1.56. The van der Waals surface area contributed by atoms with Crippen LogP contribution in [-0.4, -0.2) is 42.3 Å². The molecular formula is C24H24ClNO4. The van der Waals surface area contributed by atoms with Gasteiger partial charge in [-0.25, -0.2) is 4.79 Å². The molecule has 1 heterocycles. The standard InChI is InChI=1S/C24H24ClNO4/c1-30-24(29)19-7-5-17(6-8-19)13-14-26-21(10-12-23(26)28)9-11-22(27)16-18-3-2-4-20(25)15-18/h2-9,11,15,21H,10,12-14,16H2,1H3/t21-/m0/s1. The zero-order valence-corrected chi connectivity index (χ0v) is 17.6. The number of methoxy groups -OCH3 is 1. The number of hydrogen-bond donors (Lipinski definition) is 0. The molecule has 2 aromatic carbocycles. The van der Waals surface area contributed by atoms with Crippen molar-refractivity contribution >= 4 is 29.3 Å². The topological polar surface area (TPSA) is 63.7 Å². The van der Waals surface area contributed by atoms with E-state index in [0.717, 1.165) is 11.1 Å². The summed E-state index contributed by atoms with van der Waals surface area (Å²) >= 11 is 5.96. The maximum Gasteiger partial charge on any atom is 0.337 e. The lowest BCUT2D eigenvalue weighted by atomic mass is 10.1. The maximum absolute atomic E-state index is 12.3. The number of ether oxygens (including phenoxy) is 1. The Kier molecular flexibility index (Phi) is 7.41. The van der Waals surface area contributed by atoms with Crippen molar-refractivity contribution in [1.29, 1.82) is 0 Å². The molecule has 5 nitrogen and oxygen atoms in total. The number of likely N-dealkylation sites (tertiary alicyclic amines) is 1. The number of nitrogens with zero attached hydrogens (tertiary/aromatic N) is 1. The van der Waals surface area contributed by atoms with Crippen LogP contribution in [0, 0.1) is 0 Å². The average Bonchev–Trinajstić information content (AvgIpc) is 3.10. The van der Waals surface area contributed by atoms with Crippen molar-refractivity contribution < 1.29 is 19.1 Å². The van der Waals surface area contributed by atoms with Crippen molar-refractivity contribution in [3.05, 3.63) is 82.4 Å². The Hall–Kier alpha value is -2.92. The van der Waals surface area contributed by atoms with Crippen LogP contribution < -0.4 is 0 Å². The van der Waals surface area contributed by atoms with Crippen LogP contribution >= 0.6 is 11.6 Å². The maximum atomic E-state index is 12.3. The molecular weight excluding hydrogens is 402 g/mol. The van der Waals surface area contributed by atoms with Gasteiger partial charge in [-0.05, 0) is 54.3 Å². The number of amides is 1. The van der Waals surface area contributed by atoms with Gasteiger partial charge in [-0.15, -0.1) is 0 Å². The highest BCUT2D eigenvalue weighted by Gasteiger charge is 2.28. The summed E-state index contributed by atoms with van der Waals surface area (Å²) in [7, 11) is 1.35. The molecule has 1 aliphatic rings. The van der Waals surface area contributed by atoms with Crippen LogP contribution in [0.4, 0.5) is 0 Å². The predicted octanol–water partition coefficient (Wildman–Crippen LogP) is 4.03. The molecule has 30 heavy (non-hydrogen) atoms. The number of esters is 1. The molecule has 1 saturated heterocycles. The fourth-order valence-corrected chi connectivity index (χ4v) is 3.76. The van der Waals surface area contributed by atoms with Crippen molar-refractivity contribution in [2.24, 2.45) is 0 Å². The fraction of sp³-hybridized carbons (Fsp3) is 0.292. The van der Waals surface area contributed by atoms with Crippen LogP contribution in [0.25, 0.3) is 0 Å². The smallest absolute Gasteiger partial charge is 0.337 e. The molecule has 3 rings (SSSR count). The van der Waals surface area contributed by atoms with Gasteiger partial charge in [0.05, 0.1) is 18.7 Å². The second-order valence-corrected chi connectivity index (χ2v) is 7.70. The first kappa shape index (κ1) is 21.8. The van der Waals surface area contributed by atoms with Crippen LogP contribution in [0.1, 0.15) is 34.3 Å². The van der Waals surface area contributed by atoms with E-state index in [9.17, 15) is 14.4 Å². The zero-order valence-electron chi connectivity index (χ0n) is 16.8. The Morgan fingerprint density at radius 1 is 1.17 bits per heavy atom. The molecule has 0 spiro atoms. The Morgan fingerprint density at radius 2 is 1.93 bits per heavy atom. The molecule has 156 valence electrons. The van der Waals surface area contributed by atoms with Gasteiger partial charge in [0, 0.05) is 24.4 Å². The first-order valence-electron chi connectivity index (χ1n) is 9.88. The monoisotopic (exact) mass is 425 g/mol. The highest BCUT2D eigenvalue weighted by atomic mass is 35.5. The lowest BCUT2D eigenvalue weighted by molar-refractivity contribution is -0.128. The van der Waals surface area contributed by atoms with E-state index < -0.39 is 0 Å². The number of allylic oxidation sites excluding steroid dienone is 1. The molecule has 1 amide bonds. The Morgan fingerprint density at radius 3 is 2.63 bits per heavy atom. The summed E-state index contributed by atoms with van der Waals surface area (Å²) in [5.74, 6) is -0.294. The van der Waals surface area contributed by atoms with E-state index in [1.165, 1.54) is 7.11 Å². The van der Waals surface area contributed by atoms with Gasteiger partial charge in [0.25, 0.3) is 0 Å². The van der Waals surface area contributed by atoms with Crippen LogP contribution in [0.15, 0.2) is 60.7 Å². The van der Waals surface area contributed by atoms with Crippen LogP contribution in [0.5, 0.6) is 0 Å². The minimum Gasteiger partial charge on any atom is -0.465 e. The highest BCUT2D eigenvalue weighted by molar-refractivity contribution is 6.30. The largest absolute Gasteiger partial charge is 0.465 e. The lowest BCUT2D eigenvalue weighted by Crippen LogP contribution is -2.33. The van der Waals surface area contributed by atoms with Crippen molar-refractivity contribution in [2.75, 3.05) is 13.7 Å². The van der Waals surface area contributed by atoms with Gasteiger partial charge in [-0.3, -0.25) is 9.59 Å². The van der Waals surface area contributed by atoms with E-state index in [1.807, 2.05) is 35.2 Å². The minimum atomic E-state index is -0.371. The van der Waals surface area contributed by atoms with Crippen molar-refractivity contribution in [3.63, 3.8) is 0 Å². The summed E-state index contributed by atoms with van der Waals surface area (Å²) in [6.07, 6.45) is 5.55. The molecule has 0 aromatic heterocycles. The summed E-state index contributed by atoms with van der Waals surface area (Å²) in [4.78, 5) is 37.9. The van der Waals surface area contributed by atoms with Crippen LogP contribution in [0.2, 0.25) is 5.02 Å². The minimum absolute atomic E-state index is 0.0186. The molecule has 0 radical (unpaired) electrons. The first-order chi connectivity index (χ1) is 14.5. The zero-order chi connectivity index (χ0) is 21.5. The molecule has 2 aromatic rings. The van der Waals surface area contributed by atoms with Crippen molar-refractivity contribution in [1.82, 2.24) is 4.90 Å². The average molecular weight is 426 g/mol. The van der Waals surface area contributed by atoms with E-state index in [-0.39, 0.29) is 30.1 Å². The fourth-order valence-electron chi connectivity index (χ4n) is 3.55. The number of benzene rings is 2. The van der Waals surface area contributed by atoms with E-state index in [4.69, 9.17) is 16.3 Å². The number of halogens is 1. The molecule has 0 saturated carbocycles. The third-order valence-electron chi connectivity index (χ3n) is 5.16. The van der Waals surface area contributed by atoms with Gasteiger partial charge in [0.2, 0.25) is 5.91 Å². The van der Waals surface area contributed by atoms with Gasteiger partial charge >= 0.3 is 5.97 Å². The molecule has 6 heteroatoms. The van der Waals surface area contributed by atoms with E-state index >= 15 is 0 Å². The molecule has 1 aliphatic heterocycles. The first-order valence-corrected chi connectivity index (χ1v) is 10.3. The van der Waals surface area contributed by atoms with E-state index in [1.54, 1.807) is 30.3 Å². The van der Waals surface area contributed by atoms with Gasteiger partial charge < -0.3 is 9.64 Å². The van der Waals surface area contributed by atoms with Gasteiger partial charge in [0.15, 0.2) is 5.78 Å². The van der Waals surface area contributed by atoms with Gasteiger partial charge in [-0.1, -0.05) is 41.9 Å². The number of ketones is 1.